The van der Waals surface area contributed by atoms with Crippen molar-refractivity contribution in [2.75, 3.05) is 0 Å². The Morgan fingerprint density at radius 1 is 1.52 bits per heavy atom. The zero-order chi connectivity index (χ0) is 14.8. The Morgan fingerprint density at radius 3 is 3.05 bits per heavy atom. The molecule has 1 amide bonds. The predicted octanol–water partition coefficient (Wildman–Crippen LogP) is 1.76. The number of aryl methyl sites for hydroxylation is 1. The minimum atomic E-state index is -0.240. The maximum atomic E-state index is 12.4. The summed E-state index contributed by atoms with van der Waals surface area (Å²) < 4.78 is 1.78. The number of thiophene rings is 1. The number of amides is 1. The van der Waals surface area contributed by atoms with E-state index in [0.29, 0.717) is 11.4 Å². The molecular weight excluding hydrogens is 288 g/mol. The number of hydrogen-bond acceptors (Lipinski definition) is 5. The van der Waals surface area contributed by atoms with Gasteiger partial charge in [-0.25, -0.2) is 0 Å². The molecule has 0 spiro atoms. The van der Waals surface area contributed by atoms with Crippen molar-refractivity contribution < 1.29 is 4.79 Å². The second-order valence-corrected chi connectivity index (χ2v) is 5.58. The number of aromatic nitrogens is 5. The molecule has 3 aromatic rings. The Bertz CT molecular complexity index is 744. The highest BCUT2D eigenvalue weighted by Crippen LogP contribution is 2.26. The molecule has 0 saturated carbocycles. The fourth-order valence-electron chi connectivity index (χ4n) is 2.09. The molecule has 2 N–H and O–H groups in total. The molecule has 0 aliphatic carbocycles. The first-order valence-electron chi connectivity index (χ1n) is 6.39. The lowest BCUT2D eigenvalue weighted by Crippen LogP contribution is -2.28. The van der Waals surface area contributed by atoms with Gasteiger partial charge in [0, 0.05) is 7.05 Å². The smallest absolute Gasteiger partial charge is 0.255 e. The van der Waals surface area contributed by atoms with Gasteiger partial charge in [-0.05, 0) is 18.4 Å². The summed E-state index contributed by atoms with van der Waals surface area (Å²) in [6.45, 7) is 1.87. The maximum Gasteiger partial charge on any atom is 0.255 e. The van der Waals surface area contributed by atoms with Crippen LogP contribution >= 0.6 is 11.3 Å². The van der Waals surface area contributed by atoms with Gasteiger partial charge in [0.1, 0.15) is 6.33 Å². The summed E-state index contributed by atoms with van der Waals surface area (Å²) in [5.41, 5.74) is 1.25. The average Bonchev–Trinajstić information content (AvgIpc) is 3.19. The Hall–Kier alpha value is -2.48. The SMILES string of the molecule is C[C@H](NC(=O)c1cn[nH]c1-c1cccs1)c1nncn1C. The average molecular weight is 302 g/mol. The lowest BCUT2D eigenvalue weighted by Gasteiger charge is -2.12. The van der Waals surface area contributed by atoms with Crippen LogP contribution in [-0.2, 0) is 7.05 Å². The van der Waals surface area contributed by atoms with Crippen LogP contribution < -0.4 is 5.32 Å². The molecule has 0 bridgehead atoms. The van der Waals surface area contributed by atoms with Crippen LogP contribution in [-0.4, -0.2) is 30.9 Å². The molecule has 0 radical (unpaired) electrons. The molecule has 0 aliphatic heterocycles. The molecule has 0 saturated heterocycles. The lowest BCUT2D eigenvalue weighted by atomic mass is 10.2. The molecule has 3 aromatic heterocycles. The van der Waals surface area contributed by atoms with Crippen molar-refractivity contribution in [3.05, 3.63) is 41.4 Å². The summed E-state index contributed by atoms with van der Waals surface area (Å²) in [6, 6.07) is 3.64. The summed E-state index contributed by atoms with van der Waals surface area (Å²) in [7, 11) is 1.84. The third kappa shape index (κ3) is 2.57. The van der Waals surface area contributed by atoms with Gasteiger partial charge in [-0.2, -0.15) is 5.10 Å². The number of H-pyrrole nitrogens is 1. The van der Waals surface area contributed by atoms with Gasteiger partial charge < -0.3 is 9.88 Å². The second-order valence-electron chi connectivity index (χ2n) is 4.63. The molecule has 0 fully saturated rings. The Balaban J connectivity index is 1.81. The highest BCUT2D eigenvalue weighted by molar-refractivity contribution is 7.13. The van der Waals surface area contributed by atoms with Crippen molar-refractivity contribution in [3.63, 3.8) is 0 Å². The minimum Gasteiger partial charge on any atom is -0.342 e. The van der Waals surface area contributed by atoms with Crippen molar-refractivity contribution in [3.8, 4) is 10.6 Å². The summed E-state index contributed by atoms with van der Waals surface area (Å²) in [5.74, 6) is 0.507. The van der Waals surface area contributed by atoms with Gasteiger partial charge >= 0.3 is 0 Å². The molecule has 108 valence electrons. The van der Waals surface area contributed by atoms with E-state index in [9.17, 15) is 4.79 Å². The third-order valence-corrected chi connectivity index (χ3v) is 4.02. The molecule has 3 rings (SSSR count). The monoisotopic (exact) mass is 302 g/mol. The first kappa shape index (κ1) is 13.5. The fraction of sp³-hybridized carbons (Fsp3) is 0.231. The van der Waals surface area contributed by atoms with E-state index in [4.69, 9.17) is 0 Å². The van der Waals surface area contributed by atoms with Crippen LogP contribution in [0.1, 0.15) is 29.1 Å². The quantitative estimate of drug-likeness (QED) is 0.768. The molecular formula is C13H14N6OS. The van der Waals surface area contributed by atoms with Crippen LogP contribution in [0.4, 0.5) is 0 Å². The molecule has 0 aromatic carbocycles. The van der Waals surface area contributed by atoms with Crippen LogP contribution in [0, 0.1) is 0 Å². The maximum absolute atomic E-state index is 12.4. The van der Waals surface area contributed by atoms with E-state index in [0.717, 1.165) is 10.6 Å². The normalized spacial score (nSPS) is 12.3. The number of carbonyl (C=O) groups excluding carboxylic acids is 1. The highest BCUT2D eigenvalue weighted by Gasteiger charge is 2.20. The summed E-state index contributed by atoms with van der Waals surface area (Å²) in [4.78, 5) is 13.4. The number of aromatic amines is 1. The topological polar surface area (TPSA) is 88.5 Å². The van der Waals surface area contributed by atoms with Crippen LogP contribution in [0.5, 0.6) is 0 Å². The van der Waals surface area contributed by atoms with E-state index in [1.165, 1.54) is 6.20 Å². The Morgan fingerprint density at radius 2 is 2.38 bits per heavy atom. The summed E-state index contributed by atoms with van der Waals surface area (Å²) in [6.07, 6.45) is 3.14. The van der Waals surface area contributed by atoms with Crippen LogP contribution in [0.2, 0.25) is 0 Å². The number of rotatable bonds is 4. The highest BCUT2D eigenvalue weighted by atomic mass is 32.1. The van der Waals surface area contributed by atoms with E-state index < -0.39 is 0 Å². The van der Waals surface area contributed by atoms with Crippen LogP contribution in [0.25, 0.3) is 10.6 Å². The number of hydrogen-bond donors (Lipinski definition) is 2. The molecule has 1 atom stereocenters. The standard InChI is InChI=1S/C13H14N6OS/c1-8(12-18-15-7-19(12)2)16-13(20)9-6-14-17-11(9)10-4-3-5-21-10/h3-8H,1-2H3,(H,14,17)(H,16,20)/t8-/m0/s1. The zero-order valence-electron chi connectivity index (χ0n) is 11.6. The van der Waals surface area contributed by atoms with E-state index >= 15 is 0 Å². The molecule has 0 unspecified atom stereocenters. The lowest BCUT2D eigenvalue weighted by molar-refractivity contribution is 0.0938. The Labute approximate surface area is 125 Å². The molecule has 8 heteroatoms. The molecule has 3 heterocycles. The van der Waals surface area contributed by atoms with Crippen LogP contribution in [0.3, 0.4) is 0 Å². The van der Waals surface area contributed by atoms with Gasteiger partial charge in [-0.1, -0.05) is 6.07 Å². The van der Waals surface area contributed by atoms with E-state index in [2.05, 4.69) is 25.7 Å². The van der Waals surface area contributed by atoms with Gasteiger partial charge in [0.05, 0.1) is 28.4 Å². The largest absolute Gasteiger partial charge is 0.342 e. The Kier molecular flexibility index (Phi) is 3.53. The van der Waals surface area contributed by atoms with Crippen molar-refractivity contribution in [1.29, 1.82) is 0 Å². The van der Waals surface area contributed by atoms with E-state index in [-0.39, 0.29) is 11.9 Å². The molecule has 7 nitrogen and oxygen atoms in total. The van der Waals surface area contributed by atoms with Crippen molar-refractivity contribution in [2.45, 2.75) is 13.0 Å². The number of nitrogens with zero attached hydrogens (tertiary/aromatic N) is 4. The van der Waals surface area contributed by atoms with Gasteiger partial charge in [0.25, 0.3) is 5.91 Å². The van der Waals surface area contributed by atoms with Crippen molar-refractivity contribution >= 4 is 17.2 Å². The molecule has 0 aliphatic rings. The second kappa shape index (κ2) is 5.49. The van der Waals surface area contributed by atoms with Crippen molar-refractivity contribution in [1.82, 2.24) is 30.3 Å². The van der Waals surface area contributed by atoms with Crippen LogP contribution in [0.15, 0.2) is 30.0 Å². The van der Waals surface area contributed by atoms with E-state index in [1.807, 2.05) is 31.5 Å². The minimum absolute atomic E-state index is 0.192. The third-order valence-electron chi connectivity index (χ3n) is 3.13. The van der Waals surface area contributed by atoms with Gasteiger partial charge in [-0.3, -0.25) is 9.89 Å². The molecule has 21 heavy (non-hydrogen) atoms. The first-order valence-corrected chi connectivity index (χ1v) is 7.26. The van der Waals surface area contributed by atoms with Gasteiger partial charge in [0.2, 0.25) is 0 Å². The fourth-order valence-corrected chi connectivity index (χ4v) is 2.82. The summed E-state index contributed by atoms with van der Waals surface area (Å²) >= 11 is 1.55. The number of nitrogens with one attached hydrogen (secondary N) is 2. The number of carbonyl (C=O) groups is 1. The summed E-state index contributed by atoms with van der Waals surface area (Å²) in [5, 5.41) is 19.5. The first-order chi connectivity index (χ1) is 10.2. The van der Waals surface area contributed by atoms with Crippen molar-refractivity contribution in [2.24, 2.45) is 7.05 Å². The predicted molar refractivity (Wildman–Crippen MR) is 78.8 cm³/mol. The van der Waals surface area contributed by atoms with E-state index in [1.54, 1.807) is 22.2 Å². The van der Waals surface area contributed by atoms with Gasteiger partial charge in [-0.15, -0.1) is 21.5 Å². The zero-order valence-corrected chi connectivity index (χ0v) is 12.4. The van der Waals surface area contributed by atoms with Gasteiger partial charge in [0.15, 0.2) is 5.82 Å².